The molecule has 21 heavy (non-hydrogen) atoms. The second kappa shape index (κ2) is 6.83. The molecule has 0 aliphatic heterocycles. The number of halogens is 2. The smallest absolute Gasteiger partial charge is 0.243 e. The molecule has 2 aromatic carbocycles. The topological polar surface area (TPSA) is 41.1 Å². The second-order valence-electron chi connectivity index (χ2n) is 4.90. The Kier molecular flexibility index (Phi) is 5.10. The quantitative estimate of drug-likeness (QED) is 0.859. The maximum Gasteiger partial charge on any atom is 0.243 e. The highest BCUT2D eigenvalue weighted by atomic mass is 35.5. The molecule has 0 bridgehead atoms. The van der Waals surface area contributed by atoms with Crippen molar-refractivity contribution in [2.24, 2.45) is 0 Å². The number of benzene rings is 2. The Morgan fingerprint density at radius 3 is 2.38 bits per heavy atom. The van der Waals surface area contributed by atoms with E-state index in [4.69, 9.17) is 23.2 Å². The van der Waals surface area contributed by atoms with Gasteiger partial charge in [-0.15, -0.1) is 0 Å². The molecule has 2 rings (SSSR count). The van der Waals surface area contributed by atoms with Gasteiger partial charge in [0.25, 0.3) is 0 Å². The van der Waals surface area contributed by atoms with Crippen LogP contribution in [0, 0.1) is 13.8 Å². The molecule has 0 spiro atoms. The van der Waals surface area contributed by atoms with Crippen molar-refractivity contribution < 1.29 is 4.79 Å². The second-order valence-corrected chi connectivity index (χ2v) is 5.75. The van der Waals surface area contributed by atoms with E-state index in [1.165, 1.54) is 0 Å². The standard InChI is InChI=1S/C16H16Cl2N2O/c1-10-5-11(2)7-13(6-10)20-16(21)9-19-15-8-12(17)3-4-14(15)18/h3-8,19H,9H2,1-2H3,(H,20,21). The molecule has 110 valence electrons. The molecule has 0 aromatic heterocycles. The highest BCUT2D eigenvalue weighted by molar-refractivity contribution is 6.35. The molecule has 0 saturated heterocycles. The van der Waals surface area contributed by atoms with E-state index in [-0.39, 0.29) is 12.5 Å². The van der Waals surface area contributed by atoms with Gasteiger partial charge >= 0.3 is 0 Å². The zero-order valence-electron chi connectivity index (χ0n) is 11.8. The van der Waals surface area contributed by atoms with E-state index in [9.17, 15) is 4.79 Å². The van der Waals surface area contributed by atoms with Crippen molar-refractivity contribution in [2.75, 3.05) is 17.2 Å². The molecule has 2 aromatic rings. The predicted molar refractivity (Wildman–Crippen MR) is 89.5 cm³/mol. The van der Waals surface area contributed by atoms with Crippen LogP contribution in [-0.2, 0) is 4.79 Å². The lowest BCUT2D eigenvalue weighted by Crippen LogP contribution is -2.22. The maximum absolute atomic E-state index is 12.0. The Balaban J connectivity index is 1.97. The monoisotopic (exact) mass is 322 g/mol. The summed E-state index contributed by atoms with van der Waals surface area (Å²) < 4.78 is 0. The van der Waals surface area contributed by atoms with E-state index in [0.717, 1.165) is 16.8 Å². The SMILES string of the molecule is Cc1cc(C)cc(NC(=O)CNc2cc(Cl)ccc2Cl)c1. The van der Waals surface area contributed by atoms with Crippen molar-refractivity contribution in [1.82, 2.24) is 0 Å². The minimum Gasteiger partial charge on any atom is -0.375 e. The fourth-order valence-corrected chi connectivity index (χ4v) is 2.42. The van der Waals surface area contributed by atoms with Gasteiger partial charge in [0.2, 0.25) is 5.91 Å². The summed E-state index contributed by atoms with van der Waals surface area (Å²) in [4.78, 5) is 12.0. The summed E-state index contributed by atoms with van der Waals surface area (Å²) in [5.41, 5.74) is 3.64. The fraction of sp³-hybridized carbons (Fsp3) is 0.188. The minimum absolute atomic E-state index is 0.118. The average molecular weight is 323 g/mol. The first kappa shape index (κ1) is 15.7. The summed E-state index contributed by atoms with van der Waals surface area (Å²) in [6.45, 7) is 4.10. The first-order valence-electron chi connectivity index (χ1n) is 6.51. The molecule has 0 aliphatic carbocycles. The third-order valence-electron chi connectivity index (χ3n) is 2.87. The molecular formula is C16H16Cl2N2O. The van der Waals surface area contributed by atoms with Crippen molar-refractivity contribution in [1.29, 1.82) is 0 Å². The summed E-state index contributed by atoms with van der Waals surface area (Å²) >= 11 is 11.9. The van der Waals surface area contributed by atoms with Crippen LogP contribution in [0.25, 0.3) is 0 Å². The van der Waals surface area contributed by atoms with E-state index in [2.05, 4.69) is 16.7 Å². The first-order chi connectivity index (χ1) is 9.94. The number of hydrogen-bond acceptors (Lipinski definition) is 2. The summed E-state index contributed by atoms with van der Waals surface area (Å²) in [6.07, 6.45) is 0. The Bertz CT molecular complexity index is 651. The minimum atomic E-state index is -0.143. The number of aryl methyl sites for hydroxylation is 2. The Labute approximate surface area is 134 Å². The van der Waals surface area contributed by atoms with Crippen LogP contribution >= 0.6 is 23.2 Å². The van der Waals surface area contributed by atoms with Crippen LogP contribution in [0.5, 0.6) is 0 Å². The largest absolute Gasteiger partial charge is 0.375 e. The number of amides is 1. The highest BCUT2D eigenvalue weighted by Crippen LogP contribution is 2.25. The molecule has 0 aliphatic rings. The van der Waals surface area contributed by atoms with Crippen LogP contribution in [0.4, 0.5) is 11.4 Å². The van der Waals surface area contributed by atoms with Gasteiger partial charge in [-0.1, -0.05) is 29.3 Å². The van der Waals surface area contributed by atoms with Crippen molar-refractivity contribution in [3.63, 3.8) is 0 Å². The zero-order valence-corrected chi connectivity index (χ0v) is 13.3. The summed E-state index contributed by atoms with van der Waals surface area (Å²) in [5, 5.41) is 6.92. The predicted octanol–water partition coefficient (Wildman–Crippen LogP) is 4.66. The van der Waals surface area contributed by atoms with Crippen molar-refractivity contribution in [3.05, 3.63) is 57.6 Å². The van der Waals surface area contributed by atoms with Gasteiger partial charge < -0.3 is 10.6 Å². The number of anilines is 2. The lowest BCUT2D eigenvalue weighted by Gasteiger charge is -2.10. The van der Waals surface area contributed by atoms with Crippen LogP contribution in [0.3, 0.4) is 0 Å². The van der Waals surface area contributed by atoms with Gasteiger partial charge in [-0.3, -0.25) is 4.79 Å². The molecule has 0 fully saturated rings. The van der Waals surface area contributed by atoms with E-state index in [0.29, 0.717) is 15.7 Å². The third-order valence-corrected chi connectivity index (χ3v) is 3.44. The van der Waals surface area contributed by atoms with Gasteiger partial charge in [0.15, 0.2) is 0 Å². The fourth-order valence-electron chi connectivity index (χ4n) is 2.06. The summed E-state index contributed by atoms with van der Waals surface area (Å²) in [5.74, 6) is -0.143. The number of hydrogen-bond donors (Lipinski definition) is 2. The molecule has 0 radical (unpaired) electrons. The summed E-state index contributed by atoms with van der Waals surface area (Å²) in [6, 6.07) is 11.0. The molecule has 3 nitrogen and oxygen atoms in total. The number of nitrogens with one attached hydrogen (secondary N) is 2. The molecule has 0 unspecified atom stereocenters. The van der Waals surface area contributed by atoms with Gasteiger partial charge in [0.1, 0.15) is 0 Å². The average Bonchev–Trinajstić information content (AvgIpc) is 2.38. The van der Waals surface area contributed by atoms with Crippen molar-refractivity contribution in [3.8, 4) is 0 Å². The van der Waals surface area contributed by atoms with Crippen LogP contribution in [0.1, 0.15) is 11.1 Å². The van der Waals surface area contributed by atoms with E-state index < -0.39 is 0 Å². The maximum atomic E-state index is 12.0. The van der Waals surface area contributed by atoms with Crippen LogP contribution < -0.4 is 10.6 Å². The first-order valence-corrected chi connectivity index (χ1v) is 7.27. The Morgan fingerprint density at radius 1 is 1.05 bits per heavy atom. The summed E-state index contributed by atoms with van der Waals surface area (Å²) in [7, 11) is 0. The molecule has 5 heteroatoms. The molecule has 0 atom stereocenters. The van der Waals surface area contributed by atoms with Crippen molar-refractivity contribution in [2.45, 2.75) is 13.8 Å². The van der Waals surface area contributed by atoms with Crippen molar-refractivity contribution >= 4 is 40.5 Å². The molecule has 1 amide bonds. The van der Waals surface area contributed by atoms with Crippen LogP contribution in [0.15, 0.2) is 36.4 Å². The highest BCUT2D eigenvalue weighted by Gasteiger charge is 2.06. The van der Waals surface area contributed by atoms with Gasteiger partial charge in [-0.05, 0) is 55.3 Å². The van der Waals surface area contributed by atoms with Crippen LogP contribution in [-0.4, -0.2) is 12.5 Å². The number of carbonyl (C=O) groups is 1. The molecule has 0 heterocycles. The normalized spacial score (nSPS) is 10.3. The van der Waals surface area contributed by atoms with Gasteiger partial charge in [0.05, 0.1) is 17.3 Å². The van der Waals surface area contributed by atoms with E-state index in [1.807, 2.05) is 26.0 Å². The lowest BCUT2D eigenvalue weighted by atomic mass is 10.1. The number of carbonyl (C=O) groups excluding carboxylic acids is 1. The zero-order chi connectivity index (χ0) is 15.4. The Hall–Kier alpha value is -1.71. The Morgan fingerprint density at radius 2 is 1.71 bits per heavy atom. The van der Waals surface area contributed by atoms with Crippen LogP contribution in [0.2, 0.25) is 10.0 Å². The van der Waals surface area contributed by atoms with E-state index >= 15 is 0 Å². The molecular weight excluding hydrogens is 307 g/mol. The van der Waals surface area contributed by atoms with Gasteiger partial charge in [-0.2, -0.15) is 0 Å². The van der Waals surface area contributed by atoms with Gasteiger partial charge in [-0.25, -0.2) is 0 Å². The van der Waals surface area contributed by atoms with E-state index in [1.54, 1.807) is 18.2 Å². The third kappa shape index (κ3) is 4.66. The molecule has 2 N–H and O–H groups in total. The molecule has 0 saturated carbocycles. The van der Waals surface area contributed by atoms with Gasteiger partial charge in [0, 0.05) is 10.7 Å². The number of rotatable bonds is 4. The lowest BCUT2D eigenvalue weighted by molar-refractivity contribution is -0.114.